The Morgan fingerprint density at radius 1 is 1.13 bits per heavy atom. The first-order chi connectivity index (χ1) is 18.4. The normalized spacial score (nSPS) is 12.9. The van der Waals surface area contributed by atoms with Crippen molar-refractivity contribution in [1.29, 1.82) is 0 Å². The van der Waals surface area contributed by atoms with Gasteiger partial charge in [0, 0.05) is 44.9 Å². The standard InChI is InChI=1S/C25H32B3N7O4/c1-34(2)24(38)19-10-18(33-35(19)3)14-6-5-7-16(21(14)39-4)30-17-11-20(31-22(36)13-8-9-13)29-12-15(17)23(37)32-25(26,27)28/h5-7,10-13H,8-9,26-28H2,1-4H3,(H,32,37)(H2,29,30,31,36). The van der Waals surface area contributed by atoms with E-state index in [1.165, 1.54) is 15.8 Å². The first-order valence-corrected chi connectivity index (χ1v) is 12.7. The number of methoxy groups -OCH3 is 1. The summed E-state index contributed by atoms with van der Waals surface area (Å²) in [6.07, 6.45) is 3.17. The molecular weight excluding hydrogens is 495 g/mol. The number of benzene rings is 1. The van der Waals surface area contributed by atoms with Gasteiger partial charge in [-0.1, -0.05) is 6.07 Å². The number of nitrogens with one attached hydrogen (secondary N) is 3. The van der Waals surface area contributed by atoms with Gasteiger partial charge < -0.3 is 25.6 Å². The number of carbonyl (C=O) groups is 3. The molecule has 2 heterocycles. The molecule has 4 rings (SSSR count). The number of aromatic nitrogens is 3. The molecule has 3 N–H and O–H groups in total. The number of ether oxygens (including phenoxy) is 1. The van der Waals surface area contributed by atoms with E-state index in [4.69, 9.17) is 4.74 Å². The summed E-state index contributed by atoms with van der Waals surface area (Å²) in [7, 11) is 12.3. The molecule has 3 amide bonds. The van der Waals surface area contributed by atoms with Crippen LogP contribution in [-0.4, -0.2) is 87.4 Å². The fraction of sp³-hybridized carbons (Fsp3) is 0.320. The molecule has 2 aromatic heterocycles. The second kappa shape index (κ2) is 10.9. The highest BCUT2D eigenvalue weighted by molar-refractivity contribution is 6.60. The quantitative estimate of drug-likeness (QED) is 0.321. The Balaban J connectivity index is 1.74. The van der Waals surface area contributed by atoms with Gasteiger partial charge in [0.1, 0.15) is 35.1 Å². The Labute approximate surface area is 230 Å². The summed E-state index contributed by atoms with van der Waals surface area (Å²) in [4.78, 5) is 43.9. The van der Waals surface area contributed by atoms with Gasteiger partial charge >= 0.3 is 0 Å². The third kappa shape index (κ3) is 6.44. The van der Waals surface area contributed by atoms with Gasteiger partial charge in [0.05, 0.1) is 29.7 Å². The zero-order valence-corrected chi connectivity index (χ0v) is 23.4. The van der Waals surface area contributed by atoms with E-state index in [9.17, 15) is 14.4 Å². The van der Waals surface area contributed by atoms with Gasteiger partial charge in [-0.15, -0.1) is 0 Å². The second-order valence-corrected chi connectivity index (χ2v) is 10.8. The molecule has 1 aliphatic carbocycles. The largest absolute Gasteiger partial charge is 0.494 e. The summed E-state index contributed by atoms with van der Waals surface area (Å²) in [6, 6.07) is 8.83. The molecule has 3 aromatic rings. The molecule has 0 spiro atoms. The lowest BCUT2D eigenvalue weighted by atomic mass is 9.49. The van der Waals surface area contributed by atoms with E-state index in [0.717, 1.165) is 12.8 Å². The number of carbonyl (C=O) groups excluding carboxylic acids is 3. The predicted molar refractivity (Wildman–Crippen MR) is 158 cm³/mol. The molecule has 1 fully saturated rings. The molecule has 200 valence electrons. The first kappa shape index (κ1) is 27.8. The average Bonchev–Trinajstić information content (AvgIpc) is 3.64. The molecule has 0 unspecified atom stereocenters. The summed E-state index contributed by atoms with van der Waals surface area (Å²) in [5.74, 6) is 0.251. The molecule has 0 aliphatic heterocycles. The van der Waals surface area contributed by atoms with Crippen LogP contribution in [0.15, 0.2) is 36.5 Å². The maximum Gasteiger partial charge on any atom is 0.271 e. The van der Waals surface area contributed by atoms with Crippen molar-refractivity contribution in [3.8, 4) is 17.0 Å². The number of anilines is 3. The summed E-state index contributed by atoms with van der Waals surface area (Å²) in [5, 5.41) is 13.2. The number of rotatable bonds is 9. The molecule has 39 heavy (non-hydrogen) atoms. The molecule has 1 aromatic carbocycles. The number of hydrogen-bond acceptors (Lipinski definition) is 7. The van der Waals surface area contributed by atoms with E-state index in [0.29, 0.717) is 45.5 Å². The van der Waals surface area contributed by atoms with E-state index >= 15 is 0 Å². The Hall–Kier alpha value is -4.22. The van der Waals surface area contributed by atoms with Crippen LogP contribution < -0.4 is 20.7 Å². The van der Waals surface area contributed by atoms with E-state index in [2.05, 4.69) is 26.0 Å². The van der Waals surface area contributed by atoms with Crippen LogP contribution in [0.2, 0.25) is 0 Å². The van der Waals surface area contributed by atoms with Crippen LogP contribution in [0, 0.1) is 5.92 Å². The number of hydrogen-bond donors (Lipinski definition) is 3. The van der Waals surface area contributed by atoms with Crippen molar-refractivity contribution in [3.05, 3.63) is 47.8 Å². The fourth-order valence-corrected chi connectivity index (χ4v) is 4.02. The van der Waals surface area contributed by atoms with Crippen molar-refractivity contribution in [1.82, 2.24) is 25.0 Å². The van der Waals surface area contributed by atoms with E-state index in [-0.39, 0.29) is 23.6 Å². The third-order valence-corrected chi connectivity index (χ3v) is 6.11. The van der Waals surface area contributed by atoms with Crippen LogP contribution in [-0.2, 0) is 11.8 Å². The van der Waals surface area contributed by atoms with Crippen molar-refractivity contribution in [2.24, 2.45) is 13.0 Å². The Bertz CT molecular complexity index is 1430. The summed E-state index contributed by atoms with van der Waals surface area (Å²) < 4.78 is 7.31. The fourth-order valence-electron chi connectivity index (χ4n) is 4.02. The zero-order valence-electron chi connectivity index (χ0n) is 23.4. The minimum absolute atomic E-state index is 0.00601. The van der Waals surface area contributed by atoms with Crippen LogP contribution >= 0.6 is 0 Å². The van der Waals surface area contributed by atoms with Gasteiger partial charge in [0.15, 0.2) is 5.75 Å². The highest BCUT2D eigenvalue weighted by Gasteiger charge is 2.30. The molecule has 1 saturated carbocycles. The smallest absolute Gasteiger partial charge is 0.271 e. The summed E-state index contributed by atoms with van der Waals surface area (Å²) in [6.45, 7) is 0. The molecule has 0 saturated heterocycles. The van der Waals surface area contributed by atoms with E-state index in [1.807, 2.05) is 41.7 Å². The lowest BCUT2D eigenvalue weighted by molar-refractivity contribution is -0.117. The average molecular weight is 527 g/mol. The predicted octanol–water partition coefficient (Wildman–Crippen LogP) is -0.475. The lowest BCUT2D eigenvalue weighted by Crippen LogP contribution is -2.50. The Morgan fingerprint density at radius 2 is 1.85 bits per heavy atom. The molecule has 0 radical (unpaired) electrons. The minimum atomic E-state index is -0.467. The molecule has 14 heteroatoms. The van der Waals surface area contributed by atoms with Gasteiger partial charge in [-0.3, -0.25) is 19.1 Å². The maximum atomic E-state index is 13.2. The van der Waals surface area contributed by atoms with Crippen LogP contribution in [0.25, 0.3) is 11.3 Å². The van der Waals surface area contributed by atoms with Crippen LogP contribution in [0.5, 0.6) is 5.75 Å². The van der Waals surface area contributed by atoms with Crippen molar-refractivity contribution in [2.45, 2.75) is 18.1 Å². The highest BCUT2D eigenvalue weighted by Crippen LogP contribution is 2.38. The minimum Gasteiger partial charge on any atom is -0.494 e. The van der Waals surface area contributed by atoms with E-state index < -0.39 is 5.24 Å². The van der Waals surface area contributed by atoms with Crippen LogP contribution in [0.4, 0.5) is 17.2 Å². The maximum absolute atomic E-state index is 13.2. The number of amides is 3. The summed E-state index contributed by atoms with van der Waals surface area (Å²) >= 11 is 0. The summed E-state index contributed by atoms with van der Waals surface area (Å²) in [5.41, 5.74) is 2.96. The van der Waals surface area contributed by atoms with Gasteiger partial charge in [0.25, 0.3) is 11.8 Å². The van der Waals surface area contributed by atoms with Gasteiger partial charge in [-0.05, 0) is 36.3 Å². The number of pyridine rings is 1. The molecule has 0 bridgehead atoms. The van der Waals surface area contributed by atoms with Gasteiger partial charge in [0.2, 0.25) is 5.91 Å². The molecular formula is C25H32B3N7O4. The van der Waals surface area contributed by atoms with Crippen molar-refractivity contribution >= 4 is 58.5 Å². The molecule has 11 nitrogen and oxygen atoms in total. The first-order valence-electron chi connectivity index (χ1n) is 12.7. The molecule has 1 aliphatic rings. The number of para-hydroxylation sites is 1. The number of aryl methyl sites for hydroxylation is 1. The van der Waals surface area contributed by atoms with Gasteiger partial charge in [-0.2, -0.15) is 5.10 Å². The van der Waals surface area contributed by atoms with Crippen molar-refractivity contribution in [3.63, 3.8) is 0 Å². The highest BCUT2D eigenvalue weighted by atomic mass is 16.5. The van der Waals surface area contributed by atoms with Crippen molar-refractivity contribution in [2.75, 3.05) is 31.8 Å². The second-order valence-electron chi connectivity index (χ2n) is 10.8. The van der Waals surface area contributed by atoms with E-state index in [1.54, 1.807) is 40.4 Å². The SMILES string of the molecule is BC(B)(B)NC(=O)c1cnc(NC(=O)C2CC2)cc1Nc1cccc(-c2cc(C(=O)N(C)C)n(C)n2)c1OC. The molecule has 0 atom stereocenters. The zero-order chi connectivity index (χ0) is 28.5. The van der Waals surface area contributed by atoms with Crippen LogP contribution in [0.1, 0.15) is 33.7 Å². The lowest BCUT2D eigenvalue weighted by Gasteiger charge is -2.22. The Kier molecular flexibility index (Phi) is 7.75. The Morgan fingerprint density at radius 3 is 2.46 bits per heavy atom. The van der Waals surface area contributed by atoms with Crippen molar-refractivity contribution < 1.29 is 19.1 Å². The number of nitrogens with zero attached hydrogens (tertiary/aromatic N) is 4. The van der Waals surface area contributed by atoms with Crippen LogP contribution in [0.3, 0.4) is 0 Å². The third-order valence-electron chi connectivity index (χ3n) is 6.11. The topological polar surface area (TPSA) is 130 Å². The monoisotopic (exact) mass is 527 g/mol. The van der Waals surface area contributed by atoms with Gasteiger partial charge in [-0.25, -0.2) is 4.98 Å².